The molecule has 1 unspecified atom stereocenters. The van der Waals surface area contributed by atoms with E-state index >= 15 is 0 Å². The van der Waals surface area contributed by atoms with Crippen LogP contribution < -0.4 is 0 Å². The van der Waals surface area contributed by atoms with Gasteiger partial charge in [0.05, 0.1) is 0 Å². The van der Waals surface area contributed by atoms with Gasteiger partial charge in [0.15, 0.2) is 5.78 Å². The Labute approximate surface area is 101 Å². The number of aromatic nitrogens is 1. The van der Waals surface area contributed by atoms with Gasteiger partial charge in [-0.3, -0.25) is 4.79 Å². The first-order valence-electron chi connectivity index (χ1n) is 5.88. The molecule has 0 radical (unpaired) electrons. The minimum atomic E-state index is 0.333. The van der Waals surface area contributed by atoms with Gasteiger partial charge in [0.25, 0.3) is 0 Å². The zero-order chi connectivity index (χ0) is 11.7. The molecule has 1 atom stereocenters. The first-order chi connectivity index (χ1) is 7.65. The van der Waals surface area contributed by atoms with E-state index in [-0.39, 0.29) is 0 Å². The molecule has 0 spiro atoms. The third-order valence-electron chi connectivity index (χ3n) is 3.30. The highest BCUT2D eigenvalue weighted by Crippen LogP contribution is 2.28. The maximum absolute atomic E-state index is 11.8. The van der Waals surface area contributed by atoms with Gasteiger partial charge in [-0.1, -0.05) is 0 Å². The molecule has 0 amide bonds. The lowest BCUT2D eigenvalue weighted by Gasteiger charge is -2.21. The van der Waals surface area contributed by atoms with Crippen molar-refractivity contribution in [3.05, 3.63) is 23.0 Å². The van der Waals surface area contributed by atoms with Crippen LogP contribution in [0.2, 0.25) is 0 Å². The van der Waals surface area contributed by atoms with Gasteiger partial charge >= 0.3 is 0 Å². The maximum Gasteiger partial charge on any atom is 0.164 e. The van der Waals surface area contributed by atoms with Crippen molar-refractivity contribution in [1.82, 2.24) is 4.57 Å². The number of aryl methyl sites for hydroxylation is 1. The molecule has 3 heteroatoms. The first kappa shape index (κ1) is 11.8. The molecule has 2 rings (SSSR count). The third-order valence-corrected chi connectivity index (χ3v) is 4.12. The van der Waals surface area contributed by atoms with Crippen LogP contribution in [0.4, 0.5) is 0 Å². The molecular formula is C13H19NOS. The van der Waals surface area contributed by atoms with Crippen LogP contribution in [-0.2, 0) is 6.42 Å². The Bertz CT molecular complexity index is 408. The van der Waals surface area contributed by atoms with Crippen LogP contribution >= 0.6 is 11.8 Å². The van der Waals surface area contributed by atoms with E-state index < -0.39 is 0 Å². The zero-order valence-electron chi connectivity index (χ0n) is 10.2. The molecule has 1 aliphatic rings. The lowest BCUT2D eigenvalue weighted by atomic mass is 9.96. The number of fused-ring (bicyclic) bond motifs is 1. The molecule has 1 heterocycles. The number of thioether (sulfide) groups is 1. The Balaban J connectivity index is 2.41. The number of carbonyl (C=O) groups is 1. The van der Waals surface area contributed by atoms with Crippen molar-refractivity contribution in [1.29, 1.82) is 0 Å². The van der Waals surface area contributed by atoms with E-state index in [1.54, 1.807) is 0 Å². The van der Waals surface area contributed by atoms with Crippen LogP contribution in [0.25, 0.3) is 0 Å². The highest BCUT2D eigenvalue weighted by Gasteiger charge is 2.24. The van der Waals surface area contributed by atoms with E-state index in [0.29, 0.717) is 11.8 Å². The minimum Gasteiger partial charge on any atom is -0.345 e. The van der Waals surface area contributed by atoms with Gasteiger partial charge in [-0.05, 0) is 39.0 Å². The van der Waals surface area contributed by atoms with Gasteiger partial charge in [-0.15, -0.1) is 0 Å². The Hall–Kier alpha value is -0.700. The monoisotopic (exact) mass is 237 g/mol. The number of rotatable bonds is 3. The number of ketones is 1. The lowest BCUT2D eigenvalue weighted by Crippen LogP contribution is -2.17. The van der Waals surface area contributed by atoms with Crippen molar-refractivity contribution in [3.8, 4) is 0 Å². The molecule has 1 aromatic rings. The van der Waals surface area contributed by atoms with Crippen LogP contribution in [-0.4, -0.2) is 22.4 Å². The number of Topliss-reactive ketones (excluding diaryl/α,β-unsaturated/α-hetero) is 1. The quantitative estimate of drug-likeness (QED) is 0.805. The highest BCUT2D eigenvalue weighted by atomic mass is 32.2. The van der Waals surface area contributed by atoms with Crippen molar-refractivity contribution in [2.45, 2.75) is 39.2 Å². The lowest BCUT2D eigenvalue weighted by molar-refractivity contribution is 0.0971. The summed E-state index contributed by atoms with van der Waals surface area (Å²) in [6, 6.07) is 2.57. The molecule has 1 aliphatic carbocycles. The Morgan fingerprint density at radius 2 is 2.25 bits per heavy atom. The summed E-state index contributed by atoms with van der Waals surface area (Å²) in [7, 11) is 0. The second-order valence-corrected chi connectivity index (χ2v) is 5.51. The second kappa shape index (κ2) is 4.66. The van der Waals surface area contributed by atoms with Gasteiger partial charge in [-0.2, -0.15) is 11.8 Å². The Kier molecular flexibility index (Phi) is 3.43. The van der Waals surface area contributed by atoms with E-state index in [9.17, 15) is 4.79 Å². The fourth-order valence-corrected chi connectivity index (χ4v) is 3.31. The predicted octanol–water partition coefficient (Wildman–Crippen LogP) is 3.24. The molecule has 1 aromatic heterocycles. The average molecular weight is 237 g/mol. The molecule has 0 saturated carbocycles. The van der Waals surface area contributed by atoms with E-state index in [2.05, 4.69) is 30.7 Å². The van der Waals surface area contributed by atoms with Crippen LogP contribution in [0, 0.1) is 6.92 Å². The van der Waals surface area contributed by atoms with Crippen LogP contribution in [0.3, 0.4) is 0 Å². The highest BCUT2D eigenvalue weighted by molar-refractivity contribution is 7.98. The molecule has 0 fully saturated rings. The third kappa shape index (κ3) is 1.93. The molecule has 0 aliphatic heterocycles. The molecule has 0 N–H and O–H groups in total. The zero-order valence-corrected chi connectivity index (χ0v) is 11.1. The molecule has 16 heavy (non-hydrogen) atoms. The molecule has 0 aromatic carbocycles. The summed E-state index contributed by atoms with van der Waals surface area (Å²) in [5.74, 6) is 1.44. The molecule has 0 bridgehead atoms. The molecule has 0 saturated heterocycles. The fraction of sp³-hybridized carbons (Fsp3) is 0.615. The van der Waals surface area contributed by atoms with Gasteiger partial charge < -0.3 is 4.57 Å². The predicted molar refractivity (Wildman–Crippen MR) is 69.5 cm³/mol. The summed E-state index contributed by atoms with van der Waals surface area (Å²) >= 11 is 1.86. The van der Waals surface area contributed by atoms with Gasteiger partial charge in [0.2, 0.25) is 0 Å². The van der Waals surface area contributed by atoms with Gasteiger partial charge in [0.1, 0.15) is 0 Å². The number of nitrogens with zero attached hydrogens (tertiary/aromatic N) is 1. The topological polar surface area (TPSA) is 22.0 Å². The summed E-state index contributed by atoms with van der Waals surface area (Å²) in [5.41, 5.74) is 3.49. The summed E-state index contributed by atoms with van der Waals surface area (Å²) in [6.45, 7) is 4.35. The SMILES string of the molecule is CSCC(C)n1c(C)cc2c1CCCC2=O. The number of carbonyl (C=O) groups excluding carboxylic acids is 1. The first-order valence-corrected chi connectivity index (χ1v) is 7.27. The minimum absolute atomic E-state index is 0.333. The van der Waals surface area contributed by atoms with Gasteiger partial charge in [0, 0.05) is 35.2 Å². The maximum atomic E-state index is 11.8. The standard InChI is InChI=1S/C13H19NOS/c1-9-7-11-12(5-4-6-13(11)15)14(9)10(2)8-16-3/h7,10H,4-6,8H2,1-3H3. The summed E-state index contributed by atoms with van der Waals surface area (Å²) in [5, 5.41) is 0. The smallest absolute Gasteiger partial charge is 0.164 e. The Morgan fingerprint density at radius 3 is 2.94 bits per heavy atom. The summed E-state index contributed by atoms with van der Waals surface area (Å²) in [4.78, 5) is 11.8. The second-order valence-electron chi connectivity index (χ2n) is 4.60. The van der Waals surface area contributed by atoms with E-state index in [0.717, 1.165) is 30.6 Å². The van der Waals surface area contributed by atoms with Crippen molar-refractivity contribution in [3.63, 3.8) is 0 Å². The molecule has 2 nitrogen and oxygen atoms in total. The largest absolute Gasteiger partial charge is 0.345 e. The number of hydrogen-bond donors (Lipinski definition) is 0. The van der Waals surface area contributed by atoms with Crippen molar-refractivity contribution in [2.75, 3.05) is 12.0 Å². The van der Waals surface area contributed by atoms with Crippen molar-refractivity contribution in [2.24, 2.45) is 0 Å². The van der Waals surface area contributed by atoms with E-state index in [1.807, 2.05) is 11.8 Å². The normalized spacial score (nSPS) is 17.3. The number of hydrogen-bond acceptors (Lipinski definition) is 2. The van der Waals surface area contributed by atoms with Crippen LogP contribution in [0.15, 0.2) is 6.07 Å². The average Bonchev–Trinajstić information content (AvgIpc) is 2.56. The van der Waals surface area contributed by atoms with Crippen LogP contribution in [0.1, 0.15) is 47.6 Å². The fourth-order valence-electron chi connectivity index (χ4n) is 2.68. The van der Waals surface area contributed by atoms with E-state index in [1.165, 1.54) is 11.4 Å². The van der Waals surface area contributed by atoms with Crippen molar-refractivity contribution >= 4 is 17.5 Å². The molecular weight excluding hydrogens is 218 g/mol. The van der Waals surface area contributed by atoms with E-state index in [4.69, 9.17) is 0 Å². The van der Waals surface area contributed by atoms with Crippen molar-refractivity contribution < 1.29 is 4.79 Å². The molecule has 88 valence electrons. The van der Waals surface area contributed by atoms with Gasteiger partial charge in [-0.25, -0.2) is 0 Å². The van der Waals surface area contributed by atoms with Crippen LogP contribution in [0.5, 0.6) is 0 Å². The Morgan fingerprint density at radius 1 is 1.50 bits per heavy atom. The summed E-state index contributed by atoms with van der Waals surface area (Å²) in [6.07, 6.45) is 4.94. The summed E-state index contributed by atoms with van der Waals surface area (Å²) < 4.78 is 2.36.